The molecule has 0 aliphatic heterocycles. The zero-order valence-corrected chi connectivity index (χ0v) is 17.8. The Bertz CT molecular complexity index is 1240. The molecule has 0 aliphatic rings. The first-order valence-corrected chi connectivity index (χ1v) is 10.5. The Hall–Kier alpha value is -2.66. The summed E-state index contributed by atoms with van der Waals surface area (Å²) >= 11 is 13.5. The predicted octanol–water partition coefficient (Wildman–Crippen LogP) is 6.56. The summed E-state index contributed by atoms with van der Waals surface area (Å²) in [6.45, 7) is 2.04. The predicted molar refractivity (Wildman–Crippen MR) is 120 cm³/mol. The highest BCUT2D eigenvalue weighted by Crippen LogP contribution is 2.24. The van der Waals surface area contributed by atoms with Crippen LogP contribution < -0.4 is 4.80 Å². The Balaban J connectivity index is 1.89. The van der Waals surface area contributed by atoms with Crippen molar-refractivity contribution in [1.82, 2.24) is 4.57 Å². The minimum Gasteiger partial charge on any atom is -0.285 e. The van der Waals surface area contributed by atoms with Gasteiger partial charge in [0.25, 0.3) is 5.91 Å². The van der Waals surface area contributed by atoms with Gasteiger partial charge >= 0.3 is 0 Å². The van der Waals surface area contributed by atoms with Crippen molar-refractivity contribution in [2.24, 2.45) is 4.99 Å². The van der Waals surface area contributed by atoms with Crippen LogP contribution in [0.1, 0.15) is 15.9 Å². The van der Waals surface area contributed by atoms with Crippen LogP contribution in [-0.4, -0.2) is 10.5 Å². The van der Waals surface area contributed by atoms with Gasteiger partial charge in [-0.05, 0) is 42.8 Å². The number of halogens is 2. The average Bonchev–Trinajstić information content (AvgIpc) is 3.12. The van der Waals surface area contributed by atoms with Crippen molar-refractivity contribution in [1.29, 1.82) is 0 Å². The lowest BCUT2D eigenvalue weighted by molar-refractivity contribution is 0.0998. The van der Waals surface area contributed by atoms with Crippen molar-refractivity contribution < 1.29 is 4.79 Å². The third-order valence-electron chi connectivity index (χ3n) is 4.43. The van der Waals surface area contributed by atoms with E-state index in [1.54, 1.807) is 18.2 Å². The summed E-state index contributed by atoms with van der Waals surface area (Å²) in [5.41, 5.74) is 4.43. The van der Waals surface area contributed by atoms with Crippen LogP contribution in [-0.2, 0) is 0 Å². The largest absolute Gasteiger partial charge is 0.285 e. The van der Waals surface area contributed by atoms with Crippen molar-refractivity contribution in [3.05, 3.63) is 104 Å². The van der Waals surface area contributed by atoms with Gasteiger partial charge in [-0.3, -0.25) is 9.36 Å². The molecule has 1 amide bonds. The zero-order chi connectivity index (χ0) is 20.4. The minimum atomic E-state index is -0.408. The minimum absolute atomic E-state index is 0.285. The molecule has 0 saturated carbocycles. The number of hydrogen-bond donors (Lipinski definition) is 0. The summed E-state index contributed by atoms with van der Waals surface area (Å²) in [5, 5.41) is 2.77. The van der Waals surface area contributed by atoms with Gasteiger partial charge in [0.05, 0.1) is 16.3 Å². The fourth-order valence-corrected chi connectivity index (χ4v) is 4.35. The molecular weight excluding hydrogens is 423 g/mol. The lowest BCUT2D eigenvalue weighted by atomic mass is 10.1. The van der Waals surface area contributed by atoms with Gasteiger partial charge < -0.3 is 0 Å². The van der Waals surface area contributed by atoms with Gasteiger partial charge in [0.1, 0.15) is 0 Å². The van der Waals surface area contributed by atoms with Crippen LogP contribution in [0.3, 0.4) is 0 Å². The summed E-state index contributed by atoms with van der Waals surface area (Å²) in [5.74, 6) is -0.408. The smallest absolute Gasteiger partial charge is 0.281 e. The molecule has 0 fully saturated rings. The summed E-state index contributed by atoms with van der Waals surface area (Å²) in [7, 11) is 0. The molecule has 144 valence electrons. The molecule has 6 heteroatoms. The van der Waals surface area contributed by atoms with Crippen LogP contribution in [0.2, 0.25) is 10.0 Å². The molecule has 0 radical (unpaired) electrons. The van der Waals surface area contributed by atoms with Gasteiger partial charge in [-0.25, -0.2) is 0 Å². The van der Waals surface area contributed by atoms with Crippen LogP contribution >= 0.6 is 34.5 Å². The highest BCUT2D eigenvalue weighted by molar-refractivity contribution is 7.07. The van der Waals surface area contributed by atoms with E-state index in [0.29, 0.717) is 15.4 Å². The first-order chi connectivity index (χ1) is 14.0. The monoisotopic (exact) mass is 438 g/mol. The molecule has 0 bridgehead atoms. The molecule has 0 unspecified atom stereocenters. The second-order valence-electron chi connectivity index (χ2n) is 6.48. The van der Waals surface area contributed by atoms with E-state index in [-0.39, 0.29) is 5.02 Å². The van der Waals surface area contributed by atoms with Crippen LogP contribution in [0.15, 0.2) is 83.2 Å². The molecule has 0 aliphatic carbocycles. The number of nitrogens with zero attached hydrogens (tertiary/aromatic N) is 2. The SMILES string of the molecule is Cc1ccc(-n2c(-c3ccccc3)csc2=NC(=O)c2ccc(Cl)cc2Cl)cc1. The first-order valence-electron chi connectivity index (χ1n) is 8.90. The Morgan fingerprint density at radius 3 is 2.38 bits per heavy atom. The number of carbonyl (C=O) groups is 1. The molecule has 1 aromatic heterocycles. The van der Waals surface area contributed by atoms with Gasteiger partial charge in [-0.15, -0.1) is 11.3 Å². The van der Waals surface area contributed by atoms with Gasteiger partial charge in [0, 0.05) is 16.1 Å². The van der Waals surface area contributed by atoms with Crippen LogP contribution in [0.25, 0.3) is 16.9 Å². The zero-order valence-electron chi connectivity index (χ0n) is 15.5. The van der Waals surface area contributed by atoms with Crippen LogP contribution in [0, 0.1) is 6.92 Å². The average molecular weight is 439 g/mol. The van der Waals surface area contributed by atoms with Crippen molar-refractivity contribution in [3.63, 3.8) is 0 Å². The quantitative estimate of drug-likeness (QED) is 0.356. The molecule has 0 atom stereocenters. The number of hydrogen-bond acceptors (Lipinski definition) is 2. The van der Waals surface area contributed by atoms with E-state index in [1.165, 1.54) is 11.3 Å². The molecule has 4 aromatic rings. The molecular formula is C23H16Cl2N2OS. The number of amides is 1. The first kappa shape index (κ1) is 19.6. The Kier molecular flexibility index (Phi) is 5.67. The lowest BCUT2D eigenvalue weighted by Gasteiger charge is -2.10. The maximum atomic E-state index is 12.8. The summed E-state index contributed by atoms with van der Waals surface area (Å²) in [6, 6.07) is 22.9. The summed E-state index contributed by atoms with van der Waals surface area (Å²) in [4.78, 5) is 17.8. The standard InChI is InChI=1S/C23H16Cl2N2OS/c1-15-7-10-18(11-8-15)27-21(16-5-3-2-4-6-16)14-29-23(27)26-22(28)19-12-9-17(24)13-20(19)25/h2-14H,1H3. The second kappa shape index (κ2) is 8.37. The normalized spacial score (nSPS) is 11.6. The molecule has 0 N–H and O–H groups in total. The number of benzene rings is 3. The Labute approximate surface area is 182 Å². The third kappa shape index (κ3) is 4.20. The van der Waals surface area contributed by atoms with E-state index in [1.807, 2.05) is 71.5 Å². The third-order valence-corrected chi connectivity index (χ3v) is 5.80. The highest BCUT2D eigenvalue weighted by Gasteiger charge is 2.14. The van der Waals surface area contributed by atoms with E-state index < -0.39 is 5.91 Å². The van der Waals surface area contributed by atoms with E-state index in [0.717, 1.165) is 22.5 Å². The fraction of sp³-hybridized carbons (Fsp3) is 0.0435. The molecule has 3 nitrogen and oxygen atoms in total. The maximum Gasteiger partial charge on any atom is 0.281 e. The number of thiazole rings is 1. The van der Waals surface area contributed by atoms with Crippen LogP contribution in [0.4, 0.5) is 0 Å². The number of aromatic nitrogens is 1. The Morgan fingerprint density at radius 1 is 0.966 bits per heavy atom. The number of carbonyl (C=O) groups excluding carboxylic acids is 1. The van der Waals surface area contributed by atoms with Crippen molar-refractivity contribution in [2.45, 2.75) is 6.92 Å². The number of aryl methyl sites for hydroxylation is 1. The lowest BCUT2D eigenvalue weighted by Crippen LogP contribution is -2.16. The van der Waals surface area contributed by atoms with E-state index in [2.05, 4.69) is 4.99 Å². The molecule has 3 aromatic carbocycles. The topological polar surface area (TPSA) is 34.4 Å². The van der Waals surface area contributed by atoms with Gasteiger partial charge in [-0.2, -0.15) is 4.99 Å². The maximum absolute atomic E-state index is 12.8. The summed E-state index contributed by atoms with van der Waals surface area (Å²) < 4.78 is 1.99. The van der Waals surface area contributed by atoms with E-state index in [4.69, 9.17) is 23.2 Å². The molecule has 0 saturated heterocycles. The van der Waals surface area contributed by atoms with E-state index >= 15 is 0 Å². The summed E-state index contributed by atoms with van der Waals surface area (Å²) in [6.07, 6.45) is 0. The second-order valence-corrected chi connectivity index (χ2v) is 8.16. The van der Waals surface area contributed by atoms with Crippen molar-refractivity contribution in [3.8, 4) is 16.9 Å². The van der Waals surface area contributed by atoms with Gasteiger partial charge in [-0.1, -0.05) is 71.2 Å². The fourth-order valence-electron chi connectivity index (χ4n) is 2.95. The van der Waals surface area contributed by atoms with Crippen molar-refractivity contribution >= 4 is 40.4 Å². The molecule has 1 heterocycles. The van der Waals surface area contributed by atoms with Gasteiger partial charge in [0.2, 0.25) is 0 Å². The number of rotatable bonds is 3. The van der Waals surface area contributed by atoms with Gasteiger partial charge in [0.15, 0.2) is 4.80 Å². The van der Waals surface area contributed by atoms with E-state index in [9.17, 15) is 4.79 Å². The van der Waals surface area contributed by atoms with Crippen LogP contribution in [0.5, 0.6) is 0 Å². The Morgan fingerprint density at radius 2 is 1.69 bits per heavy atom. The molecule has 0 spiro atoms. The molecule has 29 heavy (non-hydrogen) atoms. The highest BCUT2D eigenvalue weighted by atomic mass is 35.5. The van der Waals surface area contributed by atoms with Crippen molar-refractivity contribution in [2.75, 3.05) is 0 Å². The molecule has 4 rings (SSSR count).